The molecule has 0 radical (unpaired) electrons. The van der Waals surface area contributed by atoms with Crippen LogP contribution >= 0.6 is 0 Å². The van der Waals surface area contributed by atoms with E-state index in [0.717, 1.165) is 5.92 Å². The summed E-state index contributed by atoms with van der Waals surface area (Å²) in [5.41, 5.74) is 0. The molecule has 1 atom stereocenters. The lowest BCUT2D eigenvalue weighted by Gasteiger charge is -2.14. The van der Waals surface area contributed by atoms with Gasteiger partial charge in [-0.1, -0.05) is 51.2 Å². The van der Waals surface area contributed by atoms with E-state index in [1.54, 1.807) is 0 Å². The van der Waals surface area contributed by atoms with Crippen molar-refractivity contribution >= 4 is 0 Å². The number of hydrogen-bond acceptors (Lipinski definition) is 0. The number of hydrogen-bond donors (Lipinski definition) is 0. The highest BCUT2D eigenvalue weighted by Gasteiger charge is 2.05. The van der Waals surface area contributed by atoms with Crippen LogP contribution in [0.5, 0.6) is 0 Å². The van der Waals surface area contributed by atoms with E-state index in [-0.39, 0.29) is 0 Å². The molecule has 1 aliphatic rings. The first-order valence-corrected chi connectivity index (χ1v) is 6.10. The lowest BCUT2D eigenvalue weighted by atomic mass is 9.92. The van der Waals surface area contributed by atoms with Gasteiger partial charge in [0.2, 0.25) is 0 Å². The van der Waals surface area contributed by atoms with Crippen LogP contribution < -0.4 is 0 Å². The second kappa shape index (κ2) is 7.17. The summed E-state index contributed by atoms with van der Waals surface area (Å²) in [5, 5.41) is 0. The first-order valence-electron chi connectivity index (χ1n) is 6.10. The molecule has 0 saturated carbocycles. The van der Waals surface area contributed by atoms with Gasteiger partial charge in [0, 0.05) is 0 Å². The van der Waals surface area contributed by atoms with Crippen LogP contribution in [0.2, 0.25) is 0 Å². The third-order valence-corrected chi connectivity index (χ3v) is 3.03. The van der Waals surface area contributed by atoms with Crippen molar-refractivity contribution in [1.82, 2.24) is 0 Å². The molecular weight excluding hydrogens is 156 g/mol. The summed E-state index contributed by atoms with van der Waals surface area (Å²) in [6, 6.07) is 0. The minimum Gasteiger partial charge on any atom is -0.0883 e. The second-order valence-corrected chi connectivity index (χ2v) is 4.32. The Bertz CT molecular complexity index is 135. The first-order chi connectivity index (χ1) is 6.43. The molecule has 0 spiro atoms. The van der Waals surface area contributed by atoms with Gasteiger partial charge in [0.25, 0.3) is 0 Å². The summed E-state index contributed by atoms with van der Waals surface area (Å²) in [5.74, 6) is 0.909. The average Bonchev–Trinajstić information content (AvgIpc) is 2.08. The van der Waals surface area contributed by atoms with Gasteiger partial charge in [-0.15, -0.1) is 0 Å². The fourth-order valence-electron chi connectivity index (χ4n) is 2.13. The van der Waals surface area contributed by atoms with Crippen LogP contribution in [0, 0.1) is 5.92 Å². The van der Waals surface area contributed by atoms with Crippen LogP contribution in [0.3, 0.4) is 0 Å². The summed E-state index contributed by atoms with van der Waals surface area (Å²) in [6.45, 7) is 2.29. The predicted octanol–water partition coefficient (Wildman–Crippen LogP) is 4.70. The third-order valence-electron chi connectivity index (χ3n) is 3.03. The summed E-state index contributed by atoms with van der Waals surface area (Å²) in [6.07, 6.45) is 17.6. The molecule has 0 aromatic carbocycles. The molecule has 0 heterocycles. The van der Waals surface area contributed by atoms with Crippen LogP contribution in [-0.4, -0.2) is 0 Å². The molecule has 0 aromatic rings. The second-order valence-electron chi connectivity index (χ2n) is 4.32. The molecule has 1 aliphatic carbocycles. The Balaban J connectivity index is 2.17. The zero-order valence-electron chi connectivity index (χ0n) is 9.10. The van der Waals surface area contributed by atoms with Crippen molar-refractivity contribution in [1.29, 1.82) is 0 Å². The maximum atomic E-state index is 2.48. The lowest BCUT2D eigenvalue weighted by Crippen LogP contribution is -1.98. The van der Waals surface area contributed by atoms with E-state index in [0.29, 0.717) is 0 Å². The molecule has 0 saturated heterocycles. The van der Waals surface area contributed by atoms with Gasteiger partial charge in [0.05, 0.1) is 0 Å². The van der Waals surface area contributed by atoms with Crippen LogP contribution in [0.25, 0.3) is 0 Å². The highest BCUT2D eigenvalue weighted by molar-refractivity contribution is 4.89. The molecule has 0 nitrogen and oxygen atoms in total. The Morgan fingerprint density at radius 2 is 2.08 bits per heavy atom. The monoisotopic (exact) mass is 180 g/mol. The normalized spacial score (nSPS) is 23.9. The molecule has 0 N–H and O–H groups in total. The van der Waals surface area contributed by atoms with Crippen LogP contribution in [-0.2, 0) is 0 Å². The van der Waals surface area contributed by atoms with Crippen molar-refractivity contribution in [3.63, 3.8) is 0 Å². The van der Waals surface area contributed by atoms with Gasteiger partial charge in [-0.05, 0) is 31.6 Å². The Morgan fingerprint density at radius 3 is 2.92 bits per heavy atom. The standard InChI is InChI=1S/C13H24/c1-2-3-7-10-13-11-8-5-4-6-9-12-13/h8,11,13H,2-7,9-10,12H2,1H3. The summed E-state index contributed by atoms with van der Waals surface area (Å²) in [4.78, 5) is 0. The Kier molecular flexibility index (Phi) is 5.97. The minimum absolute atomic E-state index is 0.909. The number of unbranched alkanes of at least 4 members (excludes halogenated alkanes) is 2. The van der Waals surface area contributed by atoms with E-state index in [4.69, 9.17) is 0 Å². The highest BCUT2D eigenvalue weighted by Crippen LogP contribution is 2.21. The van der Waals surface area contributed by atoms with Gasteiger partial charge in [0.1, 0.15) is 0 Å². The average molecular weight is 180 g/mol. The van der Waals surface area contributed by atoms with Crippen molar-refractivity contribution in [2.45, 2.75) is 64.7 Å². The van der Waals surface area contributed by atoms with Gasteiger partial charge in [-0.2, -0.15) is 0 Å². The highest BCUT2D eigenvalue weighted by atomic mass is 14.1. The Hall–Kier alpha value is -0.260. The molecule has 0 bridgehead atoms. The zero-order chi connectivity index (χ0) is 9.36. The lowest BCUT2D eigenvalue weighted by molar-refractivity contribution is 0.470. The quantitative estimate of drug-likeness (QED) is 0.434. The topological polar surface area (TPSA) is 0 Å². The van der Waals surface area contributed by atoms with Crippen molar-refractivity contribution in [2.24, 2.45) is 5.92 Å². The third kappa shape index (κ3) is 5.13. The van der Waals surface area contributed by atoms with Gasteiger partial charge >= 0.3 is 0 Å². The SMILES string of the molecule is CCCCCC1C=CCCCCC1. The van der Waals surface area contributed by atoms with Crippen LogP contribution in [0.15, 0.2) is 12.2 Å². The van der Waals surface area contributed by atoms with Gasteiger partial charge in [-0.3, -0.25) is 0 Å². The van der Waals surface area contributed by atoms with E-state index in [9.17, 15) is 0 Å². The molecule has 13 heavy (non-hydrogen) atoms. The zero-order valence-corrected chi connectivity index (χ0v) is 9.10. The smallest absolute Gasteiger partial charge is 0.0234 e. The fourth-order valence-corrected chi connectivity index (χ4v) is 2.13. The van der Waals surface area contributed by atoms with Gasteiger partial charge in [0.15, 0.2) is 0 Å². The molecule has 0 aromatic heterocycles. The molecule has 0 amide bonds. The molecule has 1 rings (SSSR count). The largest absolute Gasteiger partial charge is 0.0883 e. The summed E-state index contributed by atoms with van der Waals surface area (Å²) < 4.78 is 0. The van der Waals surface area contributed by atoms with E-state index >= 15 is 0 Å². The molecule has 0 fully saturated rings. The maximum Gasteiger partial charge on any atom is -0.0234 e. The van der Waals surface area contributed by atoms with Gasteiger partial charge < -0.3 is 0 Å². The van der Waals surface area contributed by atoms with E-state index in [1.807, 2.05) is 0 Å². The van der Waals surface area contributed by atoms with Gasteiger partial charge in [-0.25, -0.2) is 0 Å². The fraction of sp³-hybridized carbons (Fsp3) is 0.846. The molecule has 1 unspecified atom stereocenters. The maximum absolute atomic E-state index is 2.48. The predicted molar refractivity (Wildman–Crippen MR) is 59.9 cm³/mol. The molecule has 0 heteroatoms. The van der Waals surface area contributed by atoms with Crippen LogP contribution in [0.1, 0.15) is 64.7 Å². The first kappa shape index (κ1) is 10.8. The molecule has 0 aliphatic heterocycles. The minimum atomic E-state index is 0.909. The van der Waals surface area contributed by atoms with E-state index < -0.39 is 0 Å². The van der Waals surface area contributed by atoms with Crippen LogP contribution in [0.4, 0.5) is 0 Å². The summed E-state index contributed by atoms with van der Waals surface area (Å²) in [7, 11) is 0. The number of rotatable bonds is 4. The Labute approximate surface area is 83.4 Å². The molecule has 76 valence electrons. The van der Waals surface area contributed by atoms with E-state index in [2.05, 4.69) is 19.1 Å². The van der Waals surface area contributed by atoms with Crippen molar-refractivity contribution in [3.8, 4) is 0 Å². The van der Waals surface area contributed by atoms with E-state index in [1.165, 1.54) is 57.8 Å². The van der Waals surface area contributed by atoms with Crippen molar-refractivity contribution < 1.29 is 0 Å². The summed E-state index contributed by atoms with van der Waals surface area (Å²) >= 11 is 0. The Morgan fingerprint density at radius 1 is 1.15 bits per heavy atom. The number of allylic oxidation sites excluding steroid dienone is 2. The van der Waals surface area contributed by atoms with Crippen molar-refractivity contribution in [2.75, 3.05) is 0 Å². The molecular formula is C13H24. The van der Waals surface area contributed by atoms with Crippen molar-refractivity contribution in [3.05, 3.63) is 12.2 Å².